The number of tetrazole rings is 1. The second-order valence-electron chi connectivity index (χ2n) is 2.34. The van der Waals surface area contributed by atoms with Crippen LogP contribution in [0, 0.1) is 0 Å². The maximum atomic E-state index is 10.2. The smallest absolute Gasteiger partial charge is 0.305 e. The third-order valence-corrected chi connectivity index (χ3v) is 1.25. The van der Waals surface area contributed by atoms with E-state index in [1.165, 1.54) is 4.80 Å². The normalized spacial score (nSPS) is 12.8. The van der Waals surface area contributed by atoms with Crippen LogP contribution in [0.4, 0.5) is 0 Å². The molecule has 0 bridgehead atoms. The topological polar surface area (TPSA) is 107 Å². The number of carboxylic acids is 1. The fraction of sp³-hybridized carbons (Fsp3) is 0.600. The minimum atomic E-state index is -0.977. The number of carboxylic acid groups (broad SMARTS) is 1. The van der Waals surface area contributed by atoms with Gasteiger partial charge in [0.1, 0.15) is 0 Å². The molecule has 1 aromatic rings. The predicted molar refractivity (Wildman–Crippen MR) is 38.0 cm³/mol. The molecule has 1 heterocycles. The zero-order chi connectivity index (χ0) is 9.14. The van der Waals surface area contributed by atoms with Gasteiger partial charge < -0.3 is 10.8 Å². The maximum Gasteiger partial charge on any atom is 0.305 e. The van der Waals surface area contributed by atoms with E-state index in [1.807, 2.05) is 0 Å². The summed E-state index contributed by atoms with van der Waals surface area (Å²) in [6.07, 6.45) is -0.189. The first kappa shape index (κ1) is 8.60. The highest BCUT2D eigenvalue weighted by Crippen LogP contribution is 2.05. The fourth-order valence-electron chi connectivity index (χ4n) is 0.727. The molecule has 7 nitrogen and oxygen atoms in total. The SMILES string of the molecule is Cn1nnc([C@H](N)CC(=O)O)n1. The molecule has 0 radical (unpaired) electrons. The molecule has 0 aliphatic heterocycles. The van der Waals surface area contributed by atoms with E-state index in [0.717, 1.165) is 0 Å². The molecule has 0 aliphatic carbocycles. The third kappa shape index (κ3) is 1.99. The van der Waals surface area contributed by atoms with Gasteiger partial charge in [0.2, 0.25) is 0 Å². The number of hydrogen-bond acceptors (Lipinski definition) is 5. The average Bonchev–Trinajstić information content (AvgIpc) is 2.34. The molecule has 0 saturated carbocycles. The van der Waals surface area contributed by atoms with E-state index in [-0.39, 0.29) is 12.2 Å². The Balaban J connectivity index is 2.64. The molecule has 0 fully saturated rings. The molecule has 12 heavy (non-hydrogen) atoms. The molecule has 66 valence electrons. The lowest BCUT2D eigenvalue weighted by Gasteiger charge is -2.00. The average molecular weight is 171 g/mol. The molecule has 3 N–H and O–H groups in total. The van der Waals surface area contributed by atoms with Gasteiger partial charge in [0.15, 0.2) is 5.82 Å². The standard InChI is InChI=1S/C5H9N5O2/c1-10-8-5(7-9-10)3(6)2-4(11)12/h3H,2,6H2,1H3,(H,11,12)/t3-/m1/s1. The summed E-state index contributed by atoms with van der Waals surface area (Å²) in [6, 6.07) is -0.684. The van der Waals surface area contributed by atoms with E-state index in [4.69, 9.17) is 10.8 Å². The van der Waals surface area contributed by atoms with Crippen LogP contribution in [0.15, 0.2) is 0 Å². The zero-order valence-corrected chi connectivity index (χ0v) is 6.51. The van der Waals surface area contributed by atoms with Gasteiger partial charge in [-0.15, -0.1) is 10.2 Å². The molecule has 1 aromatic heterocycles. The van der Waals surface area contributed by atoms with Gasteiger partial charge in [-0.2, -0.15) is 4.80 Å². The Morgan fingerprint density at radius 2 is 2.50 bits per heavy atom. The van der Waals surface area contributed by atoms with E-state index in [0.29, 0.717) is 0 Å². The summed E-state index contributed by atoms with van der Waals surface area (Å²) in [6.45, 7) is 0. The summed E-state index contributed by atoms with van der Waals surface area (Å²) in [5.74, 6) is -0.727. The molecule has 0 saturated heterocycles. The second-order valence-corrected chi connectivity index (χ2v) is 2.34. The van der Waals surface area contributed by atoms with Crippen molar-refractivity contribution in [1.82, 2.24) is 20.2 Å². The van der Waals surface area contributed by atoms with Crippen molar-refractivity contribution in [3.63, 3.8) is 0 Å². The van der Waals surface area contributed by atoms with E-state index in [9.17, 15) is 4.79 Å². The molecular formula is C5H9N5O2. The lowest BCUT2D eigenvalue weighted by Crippen LogP contribution is -2.16. The maximum absolute atomic E-state index is 10.2. The number of rotatable bonds is 3. The molecule has 1 atom stereocenters. The first-order chi connectivity index (χ1) is 5.59. The Labute approximate surface area is 68.2 Å². The van der Waals surface area contributed by atoms with Crippen molar-refractivity contribution >= 4 is 5.97 Å². The summed E-state index contributed by atoms with van der Waals surface area (Å²) in [4.78, 5) is 11.5. The number of nitrogens with zero attached hydrogens (tertiary/aromatic N) is 4. The zero-order valence-electron chi connectivity index (χ0n) is 6.51. The number of aryl methyl sites for hydroxylation is 1. The highest BCUT2D eigenvalue weighted by Gasteiger charge is 2.14. The molecule has 7 heteroatoms. The largest absolute Gasteiger partial charge is 0.481 e. The second kappa shape index (κ2) is 3.26. The monoisotopic (exact) mass is 171 g/mol. The van der Waals surface area contributed by atoms with Crippen molar-refractivity contribution in [2.24, 2.45) is 12.8 Å². The van der Waals surface area contributed by atoms with Crippen molar-refractivity contribution in [2.75, 3.05) is 0 Å². The lowest BCUT2D eigenvalue weighted by atomic mass is 10.2. The van der Waals surface area contributed by atoms with E-state index in [1.54, 1.807) is 7.05 Å². The van der Waals surface area contributed by atoms with Gasteiger partial charge in [0.25, 0.3) is 0 Å². The minimum Gasteiger partial charge on any atom is -0.481 e. The van der Waals surface area contributed by atoms with Crippen molar-refractivity contribution in [3.8, 4) is 0 Å². The van der Waals surface area contributed by atoms with Crippen LogP contribution in [0.2, 0.25) is 0 Å². The van der Waals surface area contributed by atoms with Crippen molar-refractivity contribution in [1.29, 1.82) is 0 Å². The molecule has 1 rings (SSSR count). The molecular weight excluding hydrogens is 162 g/mol. The summed E-state index contributed by atoms with van der Waals surface area (Å²) in [5.41, 5.74) is 5.45. The van der Waals surface area contributed by atoms with Crippen LogP contribution in [0.3, 0.4) is 0 Å². The first-order valence-corrected chi connectivity index (χ1v) is 3.31. The van der Waals surface area contributed by atoms with Crippen LogP contribution in [0.5, 0.6) is 0 Å². The molecule has 0 aromatic carbocycles. The molecule has 0 aliphatic rings. The third-order valence-electron chi connectivity index (χ3n) is 1.25. The van der Waals surface area contributed by atoms with E-state index >= 15 is 0 Å². The van der Waals surface area contributed by atoms with Gasteiger partial charge in [0, 0.05) is 0 Å². The highest BCUT2D eigenvalue weighted by molar-refractivity contribution is 5.67. The summed E-state index contributed by atoms with van der Waals surface area (Å²) >= 11 is 0. The van der Waals surface area contributed by atoms with Gasteiger partial charge in [-0.3, -0.25) is 4.79 Å². The lowest BCUT2D eigenvalue weighted by molar-refractivity contribution is -0.137. The summed E-state index contributed by atoms with van der Waals surface area (Å²) in [7, 11) is 1.59. The summed E-state index contributed by atoms with van der Waals surface area (Å²) < 4.78 is 0. The van der Waals surface area contributed by atoms with Crippen LogP contribution < -0.4 is 5.73 Å². The fourth-order valence-corrected chi connectivity index (χ4v) is 0.727. The first-order valence-electron chi connectivity index (χ1n) is 3.31. The van der Waals surface area contributed by atoms with Crippen LogP contribution in [0.25, 0.3) is 0 Å². The van der Waals surface area contributed by atoms with Crippen molar-refractivity contribution < 1.29 is 9.90 Å². The Morgan fingerprint density at radius 1 is 1.83 bits per heavy atom. The van der Waals surface area contributed by atoms with Crippen molar-refractivity contribution in [2.45, 2.75) is 12.5 Å². The van der Waals surface area contributed by atoms with Gasteiger partial charge in [-0.05, 0) is 5.21 Å². The summed E-state index contributed by atoms with van der Waals surface area (Å²) in [5, 5.41) is 19.3. The highest BCUT2D eigenvalue weighted by atomic mass is 16.4. The number of hydrogen-bond donors (Lipinski definition) is 2. The van der Waals surface area contributed by atoms with Gasteiger partial charge in [-0.1, -0.05) is 0 Å². The van der Waals surface area contributed by atoms with Crippen LogP contribution in [-0.4, -0.2) is 31.3 Å². The Morgan fingerprint density at radius 3 is 2.92 bits per heavy atom. The van der Waals surface area contributed by atoms with Gasteiger partial charge in [0.05, 0.1) is 19.5 Å². The molecule has 0 spiro atoms. The Hall–Kier alpha value is -1.50. The minimum absolute atomic E-state index is 0.189. The van der Waals surface area contributed by atoms with Crippen LogP contribution >= 0.6 is 0 Å². The van der Waals surface area contributed by atoms with E-state index < -0.39 is 12.0 Å². The van der Waals surface area contributed by atoms with E-state index in [2.05, 4.69) is 15.4 Å². The predicted octanol–water partition coefficient (Wildman–Crippen LogP) is -1.32. The molecule has 0 unspecified atom stereocenters. The number of nitrogens with two attached hydrogens (primary N) is 1. The molecule has 0 amide bonds. The number of aliphatic carboxylic acids is 1. The Kier molecular flexibility index (Phi) is 2.34. The van der Waals surface area contributed by atoms with Gasteiger partial charge >= 0.3 is 5.97 Å². The quantitative estimate of drug-likeness (QED) is 0.584. The van der Waals surface area contributed by atoms with Crippen molar-refractivity contribution in [3.05, 3.63) is 5.82 Å². The van der Waals surface area contributed by atoms with Crippen LogP contribution in [0.1, 0.15) is 18.3 Å². The van der Waals surface area contributed by atoms with Gasteiger partial charge in [-0.25, -0.2) is 0 Å². The Bertz CT molecular complexity index is 283. The number of aromatic nitrogens is 4. The van der Waals surface area contributed by atoms with Crippen LogP contribution in [-0.2, 0) is 11.8 Å². The number of carbonyl (C=O) groups is 1.